The summed E-state index contributed by atoms with van der Waals surface area (Å²) < 4.78 is 4.58. The largest absolute Gasteiger partial charge is 0.311 e. The Morgan fingerprint density at radius 3 is 2.92 bits per heavy atom. The molecule has 0 aliphatic carbocycles. The molecule has 1 aromatic heterocycles. The van der Waals surface area contributed by atoms with E-state index < -0.39 is 0 Å². The third-order valence-electron chi connectivity index (χ3n) is 1.74. The van der Waals surface area contributed by atoms with Crippen LogP contribution in [0.15, 0.2) is 4.63 Å². The first-order valence-corrected chi connectivity index (χ1v) is 5.71. The van der Waals surface area contributed by atoms with Crippen LogP contribution >= 0.6 is 11.8 Å². The van der Waals surface area contributed by atoms with Gasteiger partial charge in [-0.05, 0) is 31.9 Å². The number of aryl methyl sites for hydroxylation is 1. The van der Waals surface area contributed by atoms with Crippen molar-refractivity contribution in [2.24, 2.45) is 0 Å². The molecule has 0 amide bonds. The van der Waals surface area contributed by atoms with Gasteiger partial charge in [-0.2, -0.15) is 11.8 Å². The van der Waals surface area contributed by atoms with E-state index in [1.807, 2.05) is 18.7 Å². The Kier molecular flexibility index (Phi) is 4.85. The minimum atomic E-state index is 0.754. The molecular formula is C8H15N3OS. The van der Waals surface area contributed by atoms with Crippen LogP contribution in [0.25, 0.3) is 0 Å². The molecule has 0 radical (unpaired) electrons. The van der Waals surface area contributed by atoms with E-state index in [-0.39, 0.29) is 0 Å². The van der Waals surface area contributed by atoms with Crippen LogP contribution in [-0.2, 0) is 6.54 Å². The standard InChI is InChI=1S/C8H15N3OS/c1-7-8(11-12-10-7)6-9-4-3-5-13-2/h9H,3-6H2,1-2H3. The monoisotopic (exact) mass is 201 g/mol. The van der Waals surface area contributed by atoms with Crippen molar-refractivity contribution in [1.29, 1.82) is 0 Å². The Morgan fingerprint density at radius 2 is 2.31 bits per heavy atom. The lowest BCUT2D eigenvalue weighted by Gasteiger charge is -2.00. The summed E-state index contributed by atoms with van der Waals surface area (Å²) in [5.41, 5.74) is 1.78. The fraction of sp³-hybridized carbons (Fsp3) is 0.750. The van der Waals surface area contributed by atoms with E-state index in [0.717, 1.165) is 24.5 Å². The van der Waals surface area contributed by atoms with Crippen molar-refractivity contribution in [2.75, 3.05) is 18.6 Å². The summed E-state index contributed by atoms with van der Waals surface area (Å²) in [5.74, 6) is 1.20. The molecular weight excluding hydrogens is 186 g/mol. The van der Waals surface area contributed by atoms with Crippen molar-refractivity contribution >= 4 is 11.8 Å². The second kappa shape index (κ2) is 5.99. The van der Waals surface area contributed by atoms with E-state index in [2.05, 4.69) is 26.5 Å². The summed E-state index contributed by atoms with van der Waals surface area (Å²) in [5, 5.41) is 10.8. The van der Waals surface area contributed by atoms with Gasteiger partial charge in [-0.1, -0.05) is 10.3 Å². The number of aromatic nitrogens is 2. The molecule has 0 aromatic carbocycles. The summed E-state index contributed by atoms with van der Waals surface area (Å²) in [6.45, 7) is 3.67. The van der Waals surface area contributed by atoms with Gasteiger partial charge < -0.3 is 5.32 Å². The lowest BCUT2D eigenvalue weighted by Crippen LogP contribution is -2.16. The maximum absolute atomic E-state index is 4.58. The molecule has 0 bridgehead atoms. The van der Waals surface area contributed by atoms with Gasteiger partial charge >= 0.3 is 0 Å². The molecule has 1 rings (SSSR count). The van der Waals surface area contributed by atoms with Gasteiger partial charge in [-0.3, -0.25) is 0 Å². The minimum Gasteiger partial charge on any atom is -0.311 e. The van der Waals surface area contributed by atoms with Crippen LogP contribution in [0.2, 0.25) is 0 Å². The predicted molar refractivity (Wildman–Crippen MR) is 53.7 cm³/mol. The maximum atomic E-state index is 4.58. The molecule has 0 unspecified atom stereocenters. The molecule has 1 heterocycles. The Balaban J connectivity index is 2.10. The highest BCUT2D eigenvalue weighted by molar-refractivity contribution is 7.98. The minimum absolute atomic E-state index is 0.754. The van der Waals surface area contributed by atoms with E-state index in [4.69, 9.17) is 0 Å². The van der Waals surface area contributed by atoms with Crippen LogP contribution in [0.3, 0.4) is 0 Å². The zero-order chi connectivity index (χ0) is 9.52. The maximum Gasteiger partial charge on any atom is 0.121 e. The summed E-state index contributed by atoms with van der Waals surface area (Å²) in [4.78, 5) is 0. The molecule has 4 nitrogen and oxygen atoms in total. The van der Waals surface area contributed by atoms with Gasteiger partial charge in [0.1, 0.15) is 11.4 Å². The number of thioether (sulfide) groups is 1. The molecule has 0 spiro atoms. The Hall–Kier alpha value is -0.550. The van der Waals surface area contributed by atoms with Gasteiger partial charge in [0, 0.05) is 6.54 Å². The third-order valence-corrected chi connectivity index (χ3v) is 2.44. The smallest absolute Gasteiger partial charge is 0.121 e. The molecule has 1 N–H and O–H groups in total. The van der Waals surface area contributed by atoms with Crippen molar-refractivity contribution < 1.29 is 4.63 Å². The Morgan fingerprint density at radius 1 is 1.46 bits per heavy atom. The molecule has 0 saturated carbocycles. The molecule has 1 aromatic rings. The molecule has 0 saturated heterocycles. The Labute approximate surface area is 82.4 Å². The molecule has 0 atom stereocenters. The van der Waals surface area contributed by atoms with Crippen LogP contribution in [-0.4, -0.2) is 28.9 Å². The summed E-state index contributed by atoms with van der Waals surface area (Å²) >= 11 is 1.87. The van der Waals surface area contributed by atoms with Crippen molar-refractivity contribution in [3.05, 3.63) is 11.4 Å². The zero-order valence-electron chi connectivity index (χ0n) is 8.04. The topological polar surface area (TPSA) is 51.0 Å². The van der Waals surface area contributed by atoms with Gasteiger partial charge in [0.05, 0.1) is 0 Å². The average molecular weight is 201 g/mol. The molecule has 0 aliphatic rings. The fourth-order valence-corrected chi connectivity index (χ4v) is 1.39. The first-order valence-electron chi connectivity index (χ1n) is 4.32. The predicted octanol–water partition coefficient (Wildman–Crippen LogP) is 1.22. The molecule has 0 aliphatic heterocycles. The molecule has 74 valence electrons. The van der Waals surface area contributed by atoms with Crippen LogP contribution in [0.1, 0.15) is 17.8 Å². The normalized spacial score (nSPS) is 10.6. The van der Waals surface area contributed by atoms with Crippen molar-refractivity contribution in [2.45, 2.75) is 19.9 Å². The van der Waals surface area contributed by atoms with Gasteiger partial charge in [-0.25, -0.2) is 4.63 Å². The summed E-state index contributed by atoms with van der Waals surface area (Å²) in [6.07, 6.45) is 3.30. The van der Waals surface area contributed by atoms with E-state index >= 15 is 0 Å². The number of hydrogen-bond donors (Lipinski definition) is 1. The second-order valence-electron chi connectivity index (χ2n) is 2.82. The van der Waals surface area contributed by atoms with Crippen molar-refractivity contribution in [1.82, 2.24) is 15.6 Å². The molecule has 0 fully saturated rings. The van der Waals surface area contributed by atoms with Crippen LogP contribution in [0.4, 0.5) is 0 Å². The van der Waals surface area contributed by atoms with Crippen LogP contribution in [0, 0.1) is 6.92 Å². The number of nitrogens with zero attached hydrogens (tertiary/aromatic N) is 2. The van der Waals surface area contributed by atoms with Crippen LogP contribution in [0.5, 0.6) is 0 Å². The van der Waals surface area contributed by atoms with E-state index in [0.29, 0.717) is 0 Å². The zero-order valence-corrected chi connectivity index (χ0v) is 8.86. The van der Waals surface area contributed by atoms with E-state index in [1.54, 1.807) is 0 Å². The van der Waals surface area contributed by atoms with Gasteiger partial charge in [0.15, 0.2) is 0 Å². The average Bonchev–Trinajstić information content (AvgIpc) is 2.52. The number of hydrogen-bond acceptors (Lipinski definition) is 5. The summed E-state index contributed by atoms with van der Waals surface area (Å²) in [7, 11) is 0. The van der Waals surface area contributed by atoms with Gasteiger partial charge in [0.25, 0.3) is 0 Å². The number of nitrogens with one attached hydrogen (secondary N) is 1. The summed E-state index contributed by atoms with van der Waals surface area (Å²) in [6, 6.07) is 0. The van der Waals surface area contributed by atoms with Gasteiger partial charge in [0.2, 0.25) is 0 Å². The molecule has 13 heavy (non-hydrogen) atoms. The van der Waals surface area contributed by atoms with E-state index in [1.165, 1.54) is 12.2 Å². The third kappa shape index (κ3) is 3.78. The highest BCUT2D eigenvalue weighted by Crippen LogP contribution is 1.99. The lowest BCUT2D eigenvalue weighted by atomic mass is 10.3. The molecule has 5 heteroatoms. The van der Waals surface area contributed by atoms with E-state index in [9.17, 15) is 0 Å². The quantitative estimate of drug-likeness (QED) is 0.701. The van der Waals surface area contributed by atoms with Crippen LogP contribution < -0.4 is 5.32 Å². The lowest BCUT2D eigenvalue weighted by molar-refractivity contribution is 0.300. The SMILES string of the molecule is CSCCCNCc1nonc1C. The van der Waals surface area contributed by atoms with Crippen molar-refractivity contribution in [3.8, 4) is 0 Å². The van der Waals surface area contributed by atoms with Crippen molar-refractivity contribution in [3.63, 3.8) is 0 Å². The Bertz CT molecular complexity index is 239. The first-order chi connectivity index (χ1) is 6.34. The fourth-order valence-electron chi connectivity index (χ4n) is 0.958. The van der Waals surface area contributed by atoms with Gasteiger partial charge in [-0.15, -0.1) is 0 Å². The number of rotatable bonds is 6. The highest BCUT2D eigenvalue weighted by atomic mass is 32.2. The first kappa shape index (κ1) is 10.5. The second-order valence-corrected chi connectivity index (χ2v) is 3.81. The highest BCUT2D eigenvalue weighted by Gasteiger charge is 2.02.